The zero-order valence-electron chi connectivity index (χ0n) is 12.2. The Morgan fingerprint density at radius 3 is 2.90 bits per heavy atom. The topological polar surface area (TPSA) is 69.7 Å². The Bertz CT molecular complexity index is 530. The van der Waals surface area contributed by atoms with Gasteiger partial charge in [-0.15, -0.1) is 11.3 Å². The maximum Gasteiger partial charge on any atom is 0.264 e. The predicted molar refractivity (Wildman–Crippen MR) is 80.1 cm³/mol. The first kappa shape index (κ1) is 15.5. The predicted octanol–water partition coefficient (Wildman–Crippen LogP) is 0.557. The van der Waals surface area contributed by atoms with E-state index < -0.39 is 6.04 Å². The van der Waals surface area contributed by atoms with Gasteiger partial charge in [-0.1, -0.05) is 13.0 Å². The fourth-order valence-electron chi connectivity index (χ4n) is 2.37. The number of piperazine rings is 1. The van der Waals surface area contributed by atoms with E-state index in [1.807, 2.05) is 12.3 Å². The molecule has 1 unspecified atom stereocenters. The summed E-state index contributed by atoms with van der Waals surface area (Å²) in [5.41, 5.74) is 0. The molecule has 0 aromatic carbocycles. The minimum absolute atomic E-state index is 0.0134. The minimum atomic E-state index is -0.434. The van der Waals surface area contributed by atoms with Crippen LogP contribution in [0.5, 0.6) is 0 Å². The van der Waals surface area contributed by atoms with Crippen molar-refractivity contribution in [2.24, 2.45) is 0 Å². The molecule has 0 radical (unpaired) electrons. The Morgan fingerprint density at radius 1 is 1.52 bits per heavy atom. The van der Waals surface area contributed by atoms with Crippen LogP contribution in [-0.4, -0.2) is 60.2 Å². The van der Waals surface area contributed by atoms with Crippen LogP contribution in [0, 0.1) is 0 Å². The van der Waals surface area contributed by atoms with Crippen molar-refractivity contribution in [3.05, 3.63) is 22.4 Å². The summed E-state index contributed by atoms with van der Waals surface area (Å²) < 4.78 is 0. The van der Waals surface area contributed by atoms with Crippen molar-refractivity contribution < 1.29 is 14.4 Å². The van der Waals surface area contributed by atoms with Crippen molar-refractivity contribution >= 4 is 29.1 Å². The monoisotopic (exact) mass is 309 g/mol. The Balaban J connectivity index is 2.00. The Labute approximate surface area is 127 Å². The maximum absolute atomic E-state index is 12.4. The summed E-state index contributed by atoms with van der Waals surface area (Å²) in [6.07, 6.45) is 0.570. The van der Waals surface area contributed by atoms with Crippen molar-refractivity contribution in [3.8, 4) is 0 Å². The highest BCUT2D eigenvalue weighted by molar-refractivity contribution is 7.12. The highest BCUT2D eigenvalue weighted by atomic mass is 32.1. The van der Waals surface area contributed by atoms with Gasteiger partial charge in [0.2, 0.25) is 11.8 Å². The van der Waals surface area contributed by atoms with Gasteiger partial charge in [-0.05, 0) is 17.9 Å². The quantitative estimate of drug-likeness (QED) is 0.883. The average molecular weight is 309 g/mol. The first-order valence-corrected chi connectivity index (χ1v) is 7.78. The highest BCUT2D eigenvalue weighted by Gasteiger charge is 2.32. The van der Waals surface area contributed by atoms with Gasteiger partial charge in [0.25, 0.3) is 5.91 Å². The first-order chi connectivity index (χ1) is 10.0. The average Bonchev–Trinajstić information content (AvgIpc) is 3.00. The molecule has 2 rings (SSSR count). The molecule has 1 aromatic heterocycles. The molecule has 0 saturated carbocycles. The van der Waals surface area contributed by atoms with Gasteiger partial charge in [0.1, 0.15) is 6.04 Å². The summed E-state index contributed by atoms with van der Waals surface area (Å²) in [5.74, 6) is -0.485. The van der Waals surface area contributed by atoms with E-state index in [1.54, 1.807) is 24.1 Å². The molecule has 1 aromatic rings. The lowest BCUT2D eigenvalue weighted by molar-refractivity contribution is -0.143. The van der Waals surface area contributed by atoms with E-state index in [9.17, 15) is 14.4 Å². The van der Waals surface area contributed by atoms with E-state index in [4.69, 9.17) is 0 Å². The van der Waals surface area contributed by atoms with Crippen LogP contribution in [0.15, 0.2) is 17.5 Å². The maximum atomic E-state index is 12.4. The number of nitrogens with one attached hydrogen (secondary N) is 1. The van der Waals surface area contributed by atoms with Crippen molar-refractivity contribution in [2.75, 3.05) is 26.7 Å². The smallest absolute Gasteiger partial charge is 0.264 e. The molecule has 0 aliphatic carbocycles. The van der Waals surface area contributed by atoms with Crippen molar-refractivity contribution in [1.82, 2.24) is 15.1 Å². The lowest BCUT2D eigenvalue weighted by Gasteiger charge is -2.35. The molecule has 0 bridgehead atoms. The number of carbonyl (C=O) groups is 3. The van der Waals surface area contributed by atoms with Gasteiger partial charge in [-0.25, -0.2) is 0 Å². The van der Waals surface area contributed by atoms with Gasteiger partial charge >= 0.3 is 0 Å². The van der Waals surface area contributed by atoms with Gasteiger partial charge in [-0.2, -0.15) is 0 Å². The molecule has 3 amide bonds. The van der Waals surface area contributed by atoms with Crippen LogP contribution in [0.3, 0.4) is 0 Å². The third-order valence-electron chi connectivity index (χ3n) is 3.49. The van der Waals surface area contributed by atoms with E-state index in [-0.39, 0.29) is 24.3 Å². The van der Waals surface area contributed by atoms with Gasteiger partial charge in [0.05, 0.1) is 11.4 Å². The third kappa shape index (κ3) is 3.41. The molecule has 6 nitrogen and oxygen atoms in total. The second-order valence-corrected chi connectivity index (χ2v) is 5.89. The normalized spacial score (nSPS) is 18.3. The summed E-state index contributed by atoms with van der Waals surface area (Å²) in [5, 5.41) is 4.58. The van der Waals surface area contributed by atoms with Crippen LogP contribution in [-0.2, 0) is 9.59 Å². The largest absolute Gasteiger partial charge is 0.353 e. The molecule has 7 heteroatoms. The first-order valence-electron chi connectivity index (χ1n) is 6.90. The number of nitrogens with zero attached hydrogens (tertiary/aromatic N) is 2. The van der Waals surface area contributed by atoms with E-state index in [2.05, 4.69) is 5.32 Å². The highest BCUT2D eigenvalue weighted by Crippen LogP contribution is 2.13. The Morgan fingerprint density at radius 2 is 2.29 bits per heavy atom. The zero-order valence-corrected chi connectivity index (χ0v) is 13.0. The van der Waals surface area contributed by atoms with Crippen LogP contribution < -0.4 is 5.32 Å². The van der Waals surface area contributed by atoms with Crippen LogP contribution >= 0.6 is 11.3 Å². The van der Waals surface area contributed by atoms with Crippen LogP contribution in [0.2, 0.25) is 0 Å². The van der Waals surface area contributed by atoms with Crippen LogP contribution in [0.1, 0.15) is 23.0 Å². The number of likely N-dealkylation sites (N-methyl/N-ethyl adjacent to an activating group) is 1. The van der Waals surface area contributed by atoms with Crippen LogP contribution in [0.4, 0.5) is 0 Å². The molecule has 1 saturated heterocycles. The van der Waals surface area contributed by atoms with Crippen molar-refractivity contribution in [1.29, 1.82) is 0 Å². The summed E-state index contributed by atoms with van der Waals surface area (Å²) >= 11 is 1.35. The molecular formula is C14H19N3O3S. The van der Waals surface area contributed by atoms with Gasteiger partial charge < -0.3 is 15.1 Å². The summed E-state index contributed by atoms with van der Waals surface area (Å²) in [6, 6.07) is 3.10. The molecule has 1 aliphatic heterocycles. The van der Waals surface area contributed by atoms with Gasteiger partial charge in [0.15, 0.2) is 0 Å². The number of carbonyl (C=O) groups excluding carboxylic acids is 3. The molecule has 1 fully saturated rings. The van der Waals surface area contributed by atoms with Gasteiger partial charge in [-0.3, -0.25) is 14.4 Å². The number of hydrogen-bond donors (Lipinski definition) is 1. The van der Waals surface area contributed by atoms with Gasteiger partial charge in [0, 0.05) is 20.1 Å². The SMILES string of the molecule is CCC1C(=O)NCCN1C(=O)CN(C)C(=O)c1cccs1. The van der Waals surface area contributed by atoms with E-state index in [0.29, 0.717) is 24.4 Å². The fourth-order valence-corrected chi connectivity index (χ4v) is 3.09. The Kier molecular flexibility index (Phi) is 4.95. The lowest BCUT2D eigenvalue weighted by Crippen LogP contribution is -2.58. The number of thiophene rings is 1. The fraction of sp³-hybridized carbons (Fsp3) is 0.500. The minimum Gasteiger partial charge on any atom is -0.353 e. The second kappa shape index (κ2) is 6.71. The number of hydrogen-bond acceptors (Lipinski definition) is 4. The standard InChI is InChI=1S/C14H19N3O3S/c1-3-10-13(19)15-6-7-17(10)12(18)9-16(2)14(20)11-5-4-8-21-11/h4-5,8,10H,3,6-7,9H2,1-2H3,(H,15,19). The zero-order chi connectivity index (χ0) is 15.4. The summed E-state index contributed by atoms with van der Waals surface area (Å²) in [4.78, 5) is 39.8. The number of amides is 3. The Hall–Kier alpha value is -1.89. The van der Waals surface area contributed by atoms with Crippen molar-refractivity contribution in [3.63, 3.8) is 0 Å². The summed E-state index contributed by atoms with van der Waals surface area (Å²) in [6.45, 7) is 2.81. The molecule has 1 aliphatic rings. The van der Waals surface area contributed by atoms with E-state index in [0.717, 1.165) is 0 Å². The second-order valence-electron chi connectivity index (χ2n) is 4.94. The molecular weight excluding hydrogens is 290 g/mol. The molecule has 1 N–H and O–H groups in total. The summed E-state index contributed by atoms with van der Waals surface area (Å²) in [7, 11) is 1.60. The molecule has 1 atom stereocenters. The van der Waals surface area contributed by atoms with Crippen molar-refractivity contribution in [2.45, 2.75) is 19.4 Å². The molecule has 114 valence electrons. The molecule has 2 heterocycles. The van der Waals surface area contributed by atoms with E-state index in [1.165, 1.54) is 16.2 Å². The van der Waals surface area contributed by atoms with E-state index >= 15 is 0 Å². The molecule has 0 spiro atoms. The molecule has 21 heavy (non-hydrogen) atoms. The van der Waals surface area contributed by atoms with Crippen LogP contribution in [0.25, 0.3) is 0 Å². The lowest BCUT2D eigenvalue weighted by atomic mass is 10.1. The number of rotatable bonds is 4. The third-order valence-corrected chi connectivity index (χ3v) is 4.35.